The first kappa shape index (κ1) is 87.6. The number of hydrogen-bond donors (Lipinski definition) is 14. The van der Waals surface area contributed by atoms with Gasteiger partial charge < -0.3 is 89.5 Å². The number of Topliss-reactive ketones (excluding diaryl/α,β-unsaturated/α-hetero) is 1. The van der Waals surface area contributed by atoms with Crippen LogP contribution in [0.1, 0.15) is 96.7 Å². The zero-order valence-corrected chi connectivity index (χ0v) is 65.0. The van der Waals surface area contributed by atoms with E-state index in [1.54, 1.807) is 50.2 Å². The van der Waals surface area contributed by atoms with Gasteiger partial charge in [0.1, 0.15) is 60.2 Å². The molecule has 8 aromatic rings. The van der Waals surface area contributed by atoms with Crippen molar-refractivity contribution < 1.29 is 146 Å². The van der Waals surface area contributed by atoms with Crippen LogP contribution in [0.25, 0.3) is 55.7 Å². The summed E-state index contributed by atoms with van der Waals surface area (Å²) in [6, 6.07) is 20.5. The van der Waals surface area contributed by atoms with E-state index in [4.69, 9.17) is 43.9 Å². The number of aliphatic hydroxyl groups excluding tert-OH is 2. The Balaban J connectivity index is 0.000000256. The standard InChI is InChI=1S/C43H37N6O20P3.C21H26N7O14P3/c1-23(47-42-41-43(45-20-44-42)48(21-46-41)39-18-34(54)38(67-39)19-65-71(60,61)69-72(62,63)68-70(57,58)59)28-10-6-24(14-32(28)49(55)56)4-2-3-5-33(53)25-7-13-35(64-22-50)31(15-25)40-29-11-8-26(51)16-36(29)66-37-17-27(52)9-12-30(37)40;1-12(14-5-4-13(3-2-6-22)7-15(14)28(30)31)26-20-19-21(24-10-23-20)27(11-25-19)18-8-16(29)17(40-18)9-39-44(35,36)42-45(37,38)41-43(32,33)34/h6-17,20-23,34,38-39,51,54H,3,5,18-19H2,1H3,(H,60,61)(H,62,63)(H,44,45,47)(H2,57,58,59);4-5,7,10-12,16-18,29H,6,8-9,22H2,1H3,(H,35,36)(H,37,38)(H,23,24,26)(H2,32,33,34)/t23-,34?,38+,39+;12-,16?,17+,18+/m00/s1. The van der Waals surface area contributed by atoms with E-state index in [-0.39, 0.29) is 135 Å². The summed E-state index contributed by atoms with van der Waals surface area (Å²) in [5.74, 6) is 11.4. The van der Waals surface area contributed by atoms with E-state index in [2.05, 4.69) is 90.5 Å². The van der Waals surface area contributed by atoms with Gasteiger partial charge in [-0.05, 0) is 80.6 Å². The Bertz CT molecular complexity index is 6000. The number of rotatable bonds is 30. The number of hydrogen-bond acceptors (Lipinski definition) is 35. The van der Waals surface area contributed by atoms with Crippen molar-refractivity contribution in [1.82, 2.24) is 39.0 Å². The number of benzene rings is 5. The van der Waals surface area contributed by atoms with E-state index < -0.39 is 119 Å². The highest BCUT2D eigenvalue weighted by Gasteiger charge is 2.46. The lowest BCUT2D eigenvalue weighted by atomic mass is 9.91. The van der Waals surface area contributed by atoms with Crippen LogP contribution >= 0.6 is 46.9 Å². The number of aromatic hydroxyl groups is 1. The zero-order valence-electron chi connectivity index (χ0n) is 59.7. The van der Waals surface area contributed by atoms with Gasteiger partial charge in [0.05, 0.1) is 77.7 Å². The van der Waals surface area contributed by atoms with Gasteiger partial charge in [0.25, 0.3) is 17.8 Å². The molecule has 6 unspecified atom stereocenters. The average molecular weight is 1740 g/mol. The Kier molecular flexibility index (Phi) is 26.9. The lowest BCUT2D eigenvalue weighted by Crippen LogP contribution is -2.26. The van der Waals surface area contributed by atoms with Crippen molar-refractivity contribution in [3.05, 3.63) is 175 Å². The summed E-state index contributed by atoms with van der Waals surface area (Å²) in [6.45, 7) is 1.89. The van der Waals surface area contributed by atoms with Crippen molar-refractivity contribution in [1.29, 1.82) is 0 Å². The zero-order chi connectivity index (χ0) is 84.9. The fourth-order valence-corrected chi connectivity index (χ4v) is 18.1. The van der Waals surface area contributed by atoms with Gasteiger partial charge in [-0.2, -0.15) is 17.2 Å². The van der Waals surface area contributed by atoms with Crippen molar-refractivity contribution in [3.8, 4) is 57.6 Å². The van der Waals surface area contributed by atoms with Gasteiger partial charge in [0.2, 0.25) is 0 Å². The number of nitrogens with zero attached hydrogens (tertiary/aromatic N) is 10. The van der Waals surface area contributed by atoms with Gasteiger partial charge in [-0.25, -0.2) is 57.3 Å². The number of phosphoric acid groups is 6. The summed E-state index contributed by atoms with van der Waals surface area (Å²) in [5.41, 5.74) is 8.44. The summed E-state index contributed by atoms with van der Waals surface area (Å²) < 4.78 is 118. The summed E-state index contributed by atoms with van der Waals surface area (Å²) >= 11 is 0. The molecule has 1 aliphatic carbocycles. The number of phosphoric ester groups is 2. The third-order valence-electron chi connectivity index (χ3n) is 16.9. The Hall–Kier alpha value is -10.2. The minimum atomic E-state index is -5.78. The van der Waals surface area contributed by atoms with Crippen LogP contribution < -0.4 is 26.5 Å². The lowest BCUT2D eigenvalue weighted by molar-refractivity contribution is -0.385. The highest BCUT2D eigenvalue weighted by molar-refractivity contribution is 7.67. The minimum Gasteiger partial charge on any atom is -0.508 e. The number of anilines is 2. The number of ketones is 1. The molecule has 7 heterocycles. The van der Waals surface area contributed by atoms with Crippen molar-refractivity contribution in [3.63, 3.8) is 0 Å². The second-order valence-electron chi connectivity index (χ2n) is 25.0. The molecule has 0 spiro atoms. The van der Waals surface area contributed by atoms with E-state index in [1.165, 1.54) is 89.0 Å². The van der Waals surface area contributed by atoms with E-state index in [1.807, 2.05) is 0 Å². The fourth-order valence-electron chi connectivity index (χ4n) is 12.0. The lowest BCUT2D eigenvalue weighted by Gasteiger charge is -2.19. The first-order valence-corrected chi connectivity index (χ1v) is 42.4. The van der Waals surface area contributed by atoms with Gasteiger partial charge in [0.15, 0.2) is 45.2 Å². The van der Waals surface area contributed by atoms with Gasteiger partial charge in [-0.3, -0.25) is 52.8 Å². The quantitative estimate of drug-likeness (QED) is 0.00401. The molecule has 3 aliphatic heterocycles. The third kappa shape index (κ3) is 22.1. The van der Waals surface area contributed by atoms with Crippen molar-refractivity contribution >= 4 is 115 Å². The van der Waals surface area contributed by atoms with Crippen molar-refractivity contribution in [2.24, 2.45) is 5.73 Å². The summed E-state index contributed by atoms with van der Waals surface area (Å²) in [6.07, 6.45) is -2.48. The number of phenols is 1. The molecule has 12 atom stereocenters. The number of aliphatic hydroxyl groups is 2. The maximum atomic E-state index is 13.6. The first-order valence-electron chi connectivity index (χ1n) is 33.4. The fraction of sp³-hybridized carbons (Fsp3) is 0.266. The number of imidazole rings is 2. The molecular formula is C64H63N13O34P6. The highest BCUT2D eigenvalue weighted by atomic mass is 31.3. The van der Waals surface area contributed by atoms with E-state index in [0.29, 0.717) is 33.2 Å². The van der Waals surface area contributed by atoms with Gasteiger partial charge >= 0.3 is 46.9 Å². The number of nitrogens with one attached hydrogen (secondary N) is 2. The molecular weight excluding hydrogens is 1680 g/mol. The Labute approximate surface area is 654 Å². The molecule has 47 nitrogen and oxygen atoms in total. The van der Waals surface area contributed by atoms with E-state index >= 15 is 0 Å². The van der Waals surface area contributed by atoms with Gasteiger partial charge in [-0.15, -0.1) is 0 Å². The van der Waals surface area contributed by atoms with Crippen LogP contribution in [-0.4, -0.2) is 160 Å². The number of carbonyl (C=O) groups excluding carboxylic acids is 2. The number of nitrogens with two attached hydrogens (primary N) is 1. The predicted octanol–water partition coefficient (Wildman–Crippen LogP) is 7.24. The van der Waals surface area contributed by atoms with E-state index in [9.17, 15) is 96.9 Å². The van der Waals surface area contributed by atoms with Crippen molar-refractivity contribution in [2.75, 3.05) is 30.4 Å². The topological polar surface area (TPSA) is 696 Å². The molecule has 53 heteroatoms. The SMILES string of the molecule is C[C@H](Nc1ncnc2c1ncn2[C@H]1CC(O)[C@@H](COP(=O)(O)OP(=O)(O)OP(=O)(O)O)O1)c1ccc(C#CCCC(=O)c2ccc(OC=O)c(-c3c4ccc(=O)cc-4oc4cc(O)ccc34)c2)cc1[N+](=O)[O-].C[C@H](Nc1ncnc2c1ncn2[C@H]1CC(O)[C@@H](COP(=O)(O)OP(=O)(O)OP(=O)(O)O)O1)c1ccc(C#CCN)cc1[N+](=O)[O-]. The summed E-state index contributed by atoms with van der Waals surface area (Å²) in [7, 11) is -33.6. The second kappa shape index (κ2) is 35.9. The van der Waals surface area contributed by atoms with Gasteiger partial charge in [-0.1, -0.05) is 23.7 Å². The molecule has 117 heavy (non-hydrogen) atoms. The smallest absolute Gasteiger partial charge is 0.490 e. The molecule has 12 rings (SSSR count). The number of aromatic nitrogens is 8. The van der Waals surface area contributed by atoms with Crippen LogP contribution in [0.2, 0.25) is 0 Å². The molecule has 0 saturated carbocycles. The van der Waals surface area contributed by atoms with Gasteiger partial charge in [0, 0.05) is 88.7 Å². The van der Waals surface area contributed by atoms with Crippen LogP contribution in [-0.2, 0) is 67.9 Å². The number of nitro groups is 2. The minimum absolute atomic E-state index is 0.0553. The molecule has 4 aromatic heterocycles. The molecule has 4 aromatic carbocycles. The maximum absolute atomic E-state index is 13.6. The van der Waals surface area contributed by atoms with Crippen LogP contribution in [0, 0.1) is 43.9 Å². The van der Waals surface area contributed by atoms with Crippen LogP contribution in [0.15, 0.2) is 126 Å². The number of nitro benzene ring substituents is 2. The first-order chi connectivity index (χ1) is 55.1. The normalized spacial score (nSPS) is 19.4. The number of carbonyl (C=O) groups is 2. The van der Waals surface area contributed by atoms with Crippen LogP contribution in [0.3, 0.4) is 0 Å². The number of phenolic OH excluding ortho intramolecular Hbond substituents is 1. The summed E-state index contributed by atoms with van der Waals surface area (Å²) in [5, 5.41) is 62.0. The molecule has 2 fully saturated rings. The molecule has 4 aliphatic rings. The predicted molar refractivity (Wildman–Crippen MR) is 399 cm³/mol. The molecule has 0 radical (unpaired) electrons. The highest BCUT2D eigenvalue weighted by Crippen LogP contribution is 2.68. The molecule has 2 saturated heterocycles. The number of fused-ring (bicyclic) bond motifs is 4. The Morgan fingerprint density at radius 1 is 0.641 bits per heavy atom. The molecule has 0 amide bonds. The molecule has 618 valence electrons. The Morgan fingerprint density at radius 2 is 1.15 bits per heavy atom. The van der Waals surface area contributed by atoms with Crippen molar-refractivity contribution in [2.45, 2.75) is 88.5 Å². The maximum Gasteiger partial charge on any atom is 0.490 e. The average Bonchev–Trinajstić information content (AvgIpc) is 1.57. The number of ether oxygens (including phenoxy) is 3. The second-order valence-corrected chi connectivity index (χ2v) is 33.8. The van der Waals surface area contributed by atoms with Crippen LogP contribution in [0.5, 0.6) is 11.5 Å². The molecule has 0 bridgehead atoms. The molecule has 15 N–H and O–H groups in total. The summed E-state index contributed by atoms with van der Waals surface area (Å²) in [4.78, 5) is 159. The monoisotopic (exact) mass is 1740 g/mol. The largest absolute Gasteiger partial charge is 0.508 e. The Morgan fingerprint density at radius 3 is 1.62 bits per heavy atom. The van der Waals surface area contributed by atoms with E-state index in [0.717, 1.165) is 0 Å². The third-order valence-corrected chi connectivity index (χ3v) is 24.5. The van der Waals surface area contributed by atoms with Crippen LogP contribution in [0.4, 0.5) is 23.0 Å².